The lowest BCUT2D eigenvalue weighted by Crippen LogP contribution is -2.37. The van der Waals surface area contributed by atoms with Crippen molar-refractivity contribution in [3.63, 3.8) is 0 Å². The number of hydrogen-bond donors (Lipinski definition) is 0. The Morgan fingerprint density at radius 3 is 2.86 bits per heavy atom. The van der Waals surface area contributed by atoms with E-state index in [1.54, 1.807) is 12.1 Å². The number of carbonyl (C=O) groups is 1. The van der Waals surface area contributed by atoms with Gasteiger partial charge >= 0.3 is 0 Å². The largest absolute Gasteiger partial charge is 0.375 e. The van der Waals surface area contributed by atoms with E-state index in [1.807, 2.05) is 21.8 Å². The average molecular weight is 386 g/mol. The second-order valence-electron chi connectivity index (χ2n) is 7.76. The van der Waals surface area contributed by atoms with Crippen LogP contribution in [0.2, 0.25) is 0 Å². The van der Waals surface area contributed by atoms with Crippen LogP contribution >= 0.6 is 0 Å². The van der Waals surface area contributed by atoms with Gasteiger partial charge in [-0.3, -0.25) is 14.4 Å². The molecule has 1 aromatic heterocycles. The molecule has 0 aliphatic carbocycles. The van der Waals surface area contributed by atoms with Crippen molar-refractivity contribution >= 4 is 5.91 Å². The van der Waals surface area contributed by atoms with Crippen molar-refractivity contribution in [2.75, 3.05) is 33.4 Å². The highest BCUT2D eigenvalue weighted by Gasteiger charge is 2.49. The van der Waals surface area contributed by atoms with Gasteiger partial charge in [0.25, 0.3) is 0 Å². The van der Waals surface area contributed by atoms with Crippen LogP contribution in [-0.4, -0.2) is 58.8 Å². The normalized spacial score (nSPS) is 24.7. The zero-order valence-electron chi connectivity index (χ0n) is 16.4. The fraction of sp³-hybridized carbons (Fsp3) is 0.524. The molecule has 1 amide bonds. The van der Waals surface area contributed by atoms with Crippen LogP contribution in [0, 0.1) is 17.7 Å². The molecule has 2 aliphatic rings. The van der Waals surface area contributed by atoms with Gasteiger partial charge in [-0.2, -0.15) is 5.10 Å². The molecule has 4 rings (SSSR count). The summed E-state index contributed by atoms with van der Waals surface area (Å²) in [6, 6.07) is 8.61. The van der Waals surface area contributed by atoms with Crippen molar-refractivity contribution in [3.8, 4) is 0 Å². The van der Waals surface area contributed by atoms with Crippen LogP contribution in [0.3, 0.4) is 0 Å². The summed E-state index contributed by atoms with van der Waals surface area (Å²) in [6.45, 7) is 6.29. The molecule has 0 saturated carbocycles. The Kier molecular flexibility index (Phi) is 5.46. The molecule has 150 valence electrons. The van der Waals surface area contributed by atoms with Crippen molar-refractivity contribution in [2.45, 2.75) is 26.1 Å². The Bertz CT molecular complexity index is 839. The Hall–Kier alpha value is -2.25. The summed E-state index contributed by atoms with van der Waals surface area (Å²) in [4.78, 5) is 16.9. The number of benzene rings is 1. The van der Waals surface area contributed by atoms with E-state index in [9.17, 15) is 9.18 Å². The number of nitrogens with zero attached hydrogens (tertiary/aromatic N) is 4. The zero-order valence-corrected chi connectivity index (χ0v) is 16.4. The van der Waals surface area contributed by atoms with E-state index in [1.165, 1.54) is 13.2 Å². The van der Waals surface area contributed by atoms with Crippen molar-refractivity contribution in [3.05, 3.63) is 53.6 Å². The molecule has 0 radical (unpaired) electrons. The van der Waals surface area contributed by atoms with Crippen molar-refractivity contribution in [2.24, 2.45) is 11.8 Å². The van der Waals surface area contributed by atoms with Gasteiger partial charge in [-0.25, -0.2) is 4.39 Å². The maximum absolute atomic E-state index is 13.9. The smallest absolute Gasteiger partial charge is 0.249 e. The summed E-state index contributed by atoms with van der Waals surface area (Å²) in [5.74, 6) is 0.373. The number of halogens is 1. The maximum atomic E-state index is 13.9. The van der Waals surface area contributed by atoms with E-state index in [0.29, 0.717) is 12.5 Å². The van der Waals surface area contributed by atoms with Crippen LogP contribution in [0.25, 0.3) is 0 Å². The minimum Gasteiger partial charge on any atom is -0.375 e. The first kappa shape index (κ1) is 19.1. The van der Waals surface area contributed by atoms with Gasteiger partial charge in [0.15, 0.2) is 0 Å². The molecule has 2 aromatic rings. The lowest BCUT2D eigenvalue weighted by Gasteiger charge is -2.29. The Morgan fingerprint density at radius 2 is 2.14 bits per heavy atom. The molecule has 0 bridgehead atoms. The van der Waals surface area contributed by atoms with Gasteiger partial charge in [-0.05, 0) is 36.6 Å². The first-order valence-electron chi connectivity index (χ1n) is 9.87. The minimum absolute atomic E-state index is 0.0283. The Balaban J connectivity index is 1.53. The third-order valence-electron chi connectivity index (χ3n) is 5.92. The Morgan fingerprint density at radius 1 is 1.29 bits per heavy atom. The molecule has 0 N–H and O–H groups in total. The monoisotopic (exact) mass is 386 g/mol. The number of fused-ring (bicyclic) bond motifs is 1. The number of aromatic nitrogens is 2. The third kappa shape index (κ3) is 3.69. The highest BCUT2D eigenvalue weighted by molar-refractivity contribution is 5.78. The third-order valence-corrected chi connectivity index (χ3v) is 5.92. The molecule has 2 fully saturated rings. The van der Waals surface area contributed by atoms with Crippen LogP contribution in [0.5, 0.6) is 0 Å². The molecule has 0 unspecified atom stereocenters. The zero-order chi connectivity index (χ0) is 19.7. The van der Waals surface area contributed by atoms with E-state index >= 15 is 0 Å². The summed E-state index contributed by atoms with van der Waals surface area (Å²) in [6.07, 6.45) is 2.01. The second-order valence-corrected chi connectivity index (χ2v) is 7.76. The number of amides is 1. The average Bonchev–Trinajstić information content (AvgIpc) is 3.36. The molecule has 7 heteroatoms. The lowest BCUT2D eigenvalue weighted by atomic mass is 9.89. The van der Waals surface area contributed by atoms with Gasteiger partial charge < -0.3 is 9.64 Å². The van der Waals surface area contributed by atoms with Gasteiger partial charge in [0.05, 0.1) is 11.7 Å². The van der Waals surface area contributed by atoms with Crippen molar-refractivity contribution in [1.29, 1.82) is 0 Å². The number of ether oxygens (including phenoxy) is 1. The molecule has 28 heavy (non-hydrogen) atoms. The SMILES string of the molecule is CCn1ccc(CN2C[C@@H]3CN(C(=O)COC)[C@@H](c4cccc(F)c4)[C@@H]3C2)n1. The summed E-state index contributed by atoms with van der Waals surface area (Å²) in [5.41, 5.74) is 1.94. The lowest BCUT2D eigenvalue weighted by molar-refractivity contribution is -0.136. The second kappa shape index (κ2) is 8.01. The maximum Gasteiger partial charge on any atom is 0.249 e. The number of methoxy groups -OCH3 is 1. The number of likely N-dealkylation sites (tertiary alicyclic amines) is 2. The van der Waals surface area contributed by atoms with E-state index < -0.39 is 0 Å². The first-order chi connectivity index (χ1) is 13.6. The molecule has 0 spiro atoms. The highest BCUT2D eigenvalue weighted by Crippen LogP contribution is 2.45. The van der Waals surface area contributed by atoms with Crippen LogP contribution in [0.4, 0.5) is 4.39 Å². The van der Waals surface area contributed by atoms with E-state index in [-0.39, 0.29) is 30.3 Å². The minimum atomic E-state index is -0.264. The number of hydrogen-bond acceptors (Lipinski definition) is 4. The van der Waals surface area contributed by atoms with E-state index in [4.69, 9.17) is 4.74 Å². The van der Waals surface area contributed by atoms with Crippen LogP contribution in [-0.2, 0) is 22.6 Å². The summed E-state index contributed by atoms with van der Waals surface area (Å²) in [7, 11) is 1.53. The van der Waals surface area contributed by atoms with Gasteiger partial charge in [0.1, 0.15) is 12.4 Å². The van der Waals surface area contributed by atoms with Gasteiger partial charge in [-0.15, -0.1) is 0 Å². The predicted octanol–water partition coefficient (Wildman–Crippen LogP) is 2.32. The molecule has 1 aromatic carbocycles. The van der Waals surface area contributed by atoms with Crippen LogP contribution < -0.4 is 0 Å². The van der Waals surface area contributed by atoms with Crippen molar-refractivity contribution < 1.29 is 13.9 Å². The standard InChI is InChI=1S/C21H27FN4O2/c1-3-25-8-7-18(23-25)12-24-10-16-11-26(20(27)14-28-2)21(19(16)13-24)15-5-4-6-17(22)9-15/h4-9,16,19,21H,3,10-14H2,1-2H3/t16-,19-,21+/m1/s1. The molecule has 3 heterocycles. The summed E-state index contributed by atoms with van der Waals surface area (Å²) < 4.78 is 20.9. The fourth-order valence-electron chi connectivity index (χ4n) is 4.74. The molecular formula is C21H27FN4O2. The number of aryl methyl sites for hydroxylation is 1. The number of carbonyl (C=O) groups excluding carboxylic acids is 1. The van der Waals surface area contributed by atoms with Gasteiger partial charge in [-0.1, -0.05) is 12.1 Å². The van der Waals surface area contributed by atoms with E-state index in [2.05, 4.69) is 23.0 Å². The van der Waals surface area contributed by atoms with Crippen LogP contribution in [0.1, 0.15) is 24.2 Å². The molecule has 6 nitrogen and oxygen atoms in total. The highest BCUT2D eigenvalue weighted by atomic mass is 19.1. The summed E-state index contributed by atoms with van der Waals surface area (Å²) in [5, 5.41) is 4.59. The molecule has 2 aliphatic heterocycles. The summed E-state index contributed by atoms with van der Waals surface area (Å²) >= 11 is 0. The number of rotatable bonds is 6. The topological polar surface area (TPSA) is 50.6 Å². The van der Waals surface area contributed by atoms with Gasteiger partial charge in [0, 0.05) is 51.9 Å². The predicted molar refractivity (Wildman–Crippen MR) is 103 cm³/mol. The molecule has 2 saturated heterocycles. The molecular weight excluding hydrogens is 359 g/mol. The Labute approximate surface area is 164 Å². The fourth-order valence-corrected chi connectivity index (χ4v) is 4.74. The first-order valence-corrected chi connectivity index (χ1v) is 9.87. The van der Waals surface area contributed by atoms with Crippen LogP contribution in [0.15, 0.2) is 36.5 Å². The quantitative estimate of drug-likeness (QED) is 0.765. The van der Waals surface area contributed by atoms with Gasteiger partial charge in [0.2, 0.25) is 5.91 Å². The van der Waals surface area contributed by atoms with E-state index in [0.717, 1.165) is 37.4 Å². The molecule has 3 atom stereocenters. The van der Waals surface area contributed by atoms with Crippen molar-refractivity contribution in [1.82, 2.24) is 19.6 Å².